The maximum absolute atomic E-state index is 4.90. The van der Waals surface area contributed by atoms with Gasteiger partial charge in [0, 0.05) is 43.2 Å². The average molecular weight is 398 g/mol. The van der Waals surface area contributed by atoms with Gasteiger partial charge in [-0.05, 0) is 62.6 Å². The normalized spacial score (nSPS) is 17.5. The number of piperidine rings is 1. The first-order chi connectivity index (χ1) is 14.7. The Labute approximate surface area is 177 Å². The summed E-state index contributed by atoms with van der Waals surface area (Å²) >= 11 is 0. The van der Waals surface area contributed by atoms with Gasteiger partial charge >= 0.3 is 0 Å². The predicted molar refractivity (Wildman–Crippen MR) is 119 cm³/mol. The van der Waals surface area contributed by atoms with Crippen molar-refractivity contribution in [1.82, 2.24) is 24.5 Å². The van der Waals surface area contributed by atoms with Crippen LogP contribution in [-0.2, 0) is 6.54 Å². The fourth-order valence-corrected chi connectivity index (χ4v) is 4.63. The second kappa shape index (κ2) is 8.00. The lowest BCUT2D eigenvalue weighted by atomic mass is 9.94. The molecule has 1 aromatic carbocycles. The molecule has 1 saturated heterocycles. The van der Waals surface area contributed by atoms with Crippen LogP contribution in [0.4, 0.5) is 0 Å². The maximum atomic E-state index is 4.90. The summed E-state index contributed by atoms with van der Waals surface area (Å²) in [5.41, 5.74) is 8.13. The van der Waals surface area contributed by atoms with Crippen molar-refractivity contribution in [2.24, 2.45) is 0 Å². The molecule has 4 aromatic rings. The minimum absolute atomic E-state index is 0.458. The number of rotatable bonds is 4. The smallest absolute Gasteiger partial charge is 0.163 e. The van der Waals surface area contributed by atoms with E-state index < -0.39 is 0 Å². The number of aryl methyl sites for hydroxylation is 2. The van der Waals surface area contributed by atoms with Gasteiger partial charge in [0.05, 0.1) is 11.4 Å². The Hall–Kier alpha value is -3.05. The Morgan fingerprint density at radius 1 is 0.967 bits per heavy atom. The van der Waals surface area contributed by atoms with Gasteiger partial charge in [-0.2, -0.15) is 5.10 Å². The lowest BCUT2D eigenvalue weighted by molar-refractivity contribution is 0.197. The number of nitrogens with zero attached hydrogens (tertiary/aromatic N) is 5. The van der Waals surface area contributed by atoms with Gasteiger partial charge in [-0.25, -0.2) is 9.50 Å². The topological polar surface area (TPSA) is 46.3 Å². The molecule has 30 heavy (non-hydrogen) atoms. The SMILES string of the molecule is Cc1ccc(CN2CCCC(c3ccnc4c(-c5ccncc5)c(C)nn34)C2)cc1. The molecule has 5 nitrogen and oxygen atoms in total. The van der Waals surface area contributed by atoms with Crippen LogP contribution in [0.15, 0.2) is 61.1 Å². The van der Waals surface area contributed by atoms with E-state index >= 15 is 0 Å². The molecule has 152 valence electrons. The highest BCUT2D eigenvalue weighted by molar-refractivity contribution is 5.79. The lowest BCUT2D eigenvalue weighted by Crippen LogP contribution is -2.34. The molecule has 1 unspecified atom stereocenters. The first kappa shape index (κ1) is 18.9. The van der Waals surface area contributed by atoms with E-state index in [1.165, 1.54) is 29.7 Å². The van der Waals surface area contributed by atoms with Crippen LogP contribution in [0.1, 0.15) is 41.3 Å². The second-order valence-electron chi connectivity index (χ2n) is 8.36. The highest BCUT2D eigenvalue weighted by atomic mass is 15.3. The number of hydrogen-bond acceptors (Lipinski definition) is 4. The van der Waals surface area contributed by atoms with E-state index in [0.29, 0.717) is 5.92 Å². The van der Waals surface area contributed by atoms with Crippen LogP contribution in [0.25, 0.3) is 16.8 Å². The third kappa shape index (κ3) is 3.61. The van der Waals surface area contributed by atoms with E-state index in [2.05, 4.69) is 58.6 Å². The second-order valence-corrected chi connectivity index (χ2v) is 8.36. The molecule has 3 aromatic heterocycles. The molecule has 1 fully saturated rings. The zero-order valence-corrected chi connectivity index (χ0v) is 17.6. The largest absolute Gasteiger partial charge is 0.298 e. The predicted octanol–water partition coefficient (Wildman–Crippen LogP) is 4.79. The number of hydrogen-bond donors (Lipinski definition) is 0. The van der Waals surface area contributed by atoms with Crippen molar-refractivity contribution in [3.05, 3.63) is 83.6 Å². The molecule has 0 saturated carbocycles. The zero-order chi connectivity index (χ0) is 20.5. The zero-order valence-electron chi connectivity index (χ0n) is 17.6. The summed E-state index contributed by atoms with van der Waals surface area (Å²) < 4.78 is 2.07. The third-order valence-corrected chi connectivity index (χ3v) is 6.14. The van der Waals surface area contributed by atoms with Crippen LogP contribution in [0, 0.1) is 13.8 Å². The first-order valence-electron chi connectivity index (χ1n) is 10.7. The van der Waals surface area contributed by atoms with E-state index in [1.54, 1.807) is 0 Å². The molecule has 0 spiro atoms. The van der Waals surface area contributed by atoms with Crippen molar-refractivity contribution in [3.63, 3.8) is 0 Å². The summed E-state index contributed by atoms with van der Waals surface area (Å²) in [5.74, 6) is 0.458. The fraction of sp³-hybridized carbons (Fsp3) is 0.320. The minimum atomic E-state index is 0.458. The third-order valence-electron chi connectivity index (χ3n) is 6.14. The Bertz CT molecular complexity index is 1150. The van der Waals surface area contributed by atoms with Gasteiger partial charge < -0.3 is 0 Å². The Balaban J connectivity index is 1.45. The lowest BCUT2D eigenvalue weighted by Gasteiger charge is -2.33. The summed E-state index contributed by atoms with van der Waals surface area (Å²) in [6.07, 6.45) is 7.98. The number of likely N-dealkylation sites (tertiary alicyclic amines) is 1. The van der Waals surface area contributed by atoms with Crippen molar-refractivity contribution < 1.29 is 0 Å². The molecular weight excluding hydrogens is 370 g/mol. The van der Waals surface area contributed by atoms with Gasteiger partial charge in [0.1, 0.15) is 0 Å². The van der Waals surface area contributed by atoms with E-state index in [0.717, 1.165) is 42.1 Å². The van der Waals surface area contributed by atoms with Crippen molar-refractivity contribution in [2.75, 3.05) is 13.1 Å². The standard InChI is InChI=1S/C25H27N5/c1-18-5-7-20(8-6-18)16-29-15-3-4-22(17-29)23-11-14-27-25-24(19(2)28-30(23)25)21-9-12-26-13-10-21/h5-14,22H,3-4,15-17H2,1-2H3. The molecule has 0 N–H and O–H groups in total. The van der Waals surface area contributed by atoms with Gasteiger partial charge in [-0.3, -0.25) is 9.88 Å². The molecule has 5 rings (SSSR count). The maximum Gasteiger partial charge on any atom is 0.163 e. The van der Waals surface area contributed by atoms with Gasteiger partial charge in [-0.15, -0.1) is 0 Å². The minimum Gasteiger partial charge on any atom is -0.298 e. The molecule has 1 aliphatic rings. The molecule has 0 amide bonds. The highest BCUT2D eigenvalue weighted by Gasteiger charge is 2.25. The summed E-state index contributed by atoms with van der Waals surface area (Å²) in [4.78, 5) is 11.4. The highest BCUT2D eigenvalue weighted by Crippen LogP contribution is 2.32. The van der Waals surface area contributed by atoms with Crippen LogP contribution in [-0.4, -0.2) is 37.6 Å². The fourth-order valence-electron chi connectivity index (χ4n) is 4.63. The summed E-state index contributed by atoms with van der Waals surface area (Å²) in [7, 11) is 0. The van der Waals surface area contributed by atoms with Crippen LogP contribution >= 0.6 is 0 Å². The number of benzene rings is 1. The van der Waals surface area contributed by atoms with Gasteiger partial charge in [0.25, 0.3) is 0 Å². The molecule has 0 aliphatic carbocycles. The Kier molecular flexibility index (Phi) is 5.05. The molecular formula is C25H27N5. The van der Waals surface area contributed by atoms with E-state index in [4.69, 9.17) is 10.1 Å². The molecule has 1 atom stereocenters. The summed E-state index contributed by atoms with van der Waals surface area (Å²) in [6, 6.07) is 15.1. The average Bonchev–Trinajstić information content (AvgIpc) is 3.12. The molecule has 0 radical (unpaired) electrons. The number of pyridine rings is 1. The number of fused-ring (bicyclic) bond motifs is 1. The van der Waals surface area contributed by atoms with Gasteiger partial charge in [-0.1, -0.05) is 29.8 Å². The Morgan fingerprint density at radius 3 is 2.57 bits per heavy atom. The first-order valence-corrected chi connectivity index (χ1v) is 10.7. The molecule has 5 heteroatoms. The molecule has 4 heterocycles. The van der Waals surface area contributed by atoms with Gasteiger partial charge in [0.15, 0.2) is 5.65 Å². The van der Waals surface area contributed by atoms with Gasteiger partial charge in [0.2, 0.25) is 0 Å². The summed E-state index contributed by atoms with van der Waals surface area (Å²) in [6.45, 7) is 7.42. The van der Waals surface area contributed by atoms with E-state index in [-0.39, 0.29) is 0 Å². The quantitative estimate of drug-likeness (QED) is 0.497. The monoisotopic (exact) mass is 397 g/mol. The van der Waals surface area contributed by atoms with Crippen LogP contribution in [0.5, 0.6) is 0 Å². The van der Waals surface area contributed by atoms with Crippen LogP contribution in [0.3, 0.4) is 0 Å². The van der Waals surface area contributed by atoms with Crippen molar-refractivity contribution in [3.8, 4) is 11.1 Å². The van der Waals surface area contributed by atoms with Crippen molar-refractivity contribution in [2.45, 2.75) is 39.2 Å². The number of aromatic nitrogens is 4. The van der Waals surface area contributed by atoms with E-state index in [9.17, 15) is 0 Å². The van der Waals surface area contributed by atoms with E-state index in [1.807, 2.05) is 30.7 Å². The Morgan fingerprint density at radius 2 is 1.77 bits per heavy atom. The van der Waals surface area contributed by atoms with Crippen LogP contribution < -0.4 is 0 Å². The summed E-state index contributed by atoms with van der Waals surface area (Å²) in [5, 5.41) is 4.90. The van der Waals surface area contributed by atoms with Crippen molar-refractivity contribution >= 4 is 5.65 Å². The molecule has 0 bridgehead atoms. The van der Waals surface area contributed by atoms with Crippen molar-refractivity contribution in [1.29, 1.82) is 0 Å². The van der Waals surface area contributed by atoms with Crippen LogP contribution in [0.2, 0.25) is 0 Å². The molecule has 1 aliphatic heterocycles.